The van der Waals surface area contributed by atoms with Crippen molar-refractivity contribution >= 4 is 5.97 Å². The molecule has 0 amide bonds. The Kier molecular flexibility index (Phi) is 12.2. The van der Waals surface area contributed by atoms with Gasteiger partial charge in [-0.25, -0.2) is 4.79 Å². The van der Waals surface area contributed by atoms with Crippen molar-refractivity contribution < 1.29 is 25.2 Å². The van der Waals surface area contributed by atoms with E-state index in [0.717, 1.165) is 38.5 Å². The largest absolute Gasteiger partial charge is 0.478 e. The van der Waals surface area contributed by atoms with E-state index in [1.807, 2.05) is 0 Å². The van der Waals surface area contributed by atoms with Crippen molar-refractivity contribution in [2.45, 2.75) is 83.0 Å². The van der Waals surface area contributed by atoms with Gasteiger partial charge in [0.15, 0.2) is 0 Å². The van der Waals surface area contributed by atoms with E-state index in [9.17, 15) is 4.79 Å². The van der Waals surface area contributed by atoms with Gasteiger partial charge in [-0.1, -0.05) is 57.4 Å². The molecule has 0 radical (unpaired) electrons. The molecule has 124 valence electrons. The zero-order chi connectivity index (χ0) is 16.0. The van der Waals surface area contributed by atoms with Gasteiger partial charge >= 0.3 is 5.97 Å². The minimum absolute atomic E-state index is 0.0172. The Morgan fingerprint density at radius 3 is 1.62 bits per heavy atom. The Bertz CT molecular complexity index is 281. The van der Waals surface area contributed by atoms with Crippen LogP contribution in [0.4, 0.5) is 0 Å². The van der Waals surface area contributed by atoms with Crippen molar-refractivity contribution in [2.75, 3.05) is 0 Å². The zero-order valence-electron chi connectivity index (χ0n) is 12.8. The van der Waals surface area contributed by atoms with Crippen LogP contribution in [-0.2, 0) is 4.79 Å². The molecule has 5 heteroatoms. The first-order valence-corrected chi connectivity index (χ1v) is 7.98. The fourth-order valence-corrected chi connectivity index (χ4v) is 2.22. The lowest BCUT2D eigenvalue weighted by atomic mass is 10.0. The Morgan fingerprint density at radius 1 is 0.762 bits per heavy atom. The highest BCUT2D eigenvalue weighted by Gasteiger charge is 2.16. The minimum Gasteiger partial charge on any atom is -0.478 e. The highest BCUT2D eigenvalue weighted by molar-refractivity contribution is 5.79. The summed E-state index contributed by atoms with van der Waals surface area (Å²) in [5.41, 5.74) is 0. The molecule has 0 bridgehead atoms. The molecule has 0 rings (SSSR count). The van der Waals surface area contributed by atoms with Crippen molar-refractivity contribution in [2.24, 2.45) is 0 Å². The van der Waals surface area contributed by atoms with Gasteiger partial charge in [0.25, 0.3) is 5.97 Å². The average molecular weight is 302 g/mol. The number of carbonyl (C=O) groups is 1. The first kappa shape index (κ1) is 20.1. The average Bonchev–Trinajstić information content (AvgIpc) is 2.37. The molecule has 4 N–H and O–H groups in total. The van der Waals surface area contributed by atoms with E-state index in [0.29, 0.717) is 6.42 Å². The van der Waals surface area contributed by atoms with E-state index in [2.05, 4.69) is 0 Å². The van der Waals surface area contributed by atoms with Gasteiger partial charge in [0.05, 0.1) is 0 Å². The maximum absolute atomic E-state index is 10.2. The van der Waals surface area contributed by atoms with Crippen LogP contribution in [0, 0.1) is 0 Å². The zero-order valence-corrected chi connectivity index (χ0v) is 12.8. The van der Waals surface area contributed by atoms with Crippen LogP contribution in [0.5, 0.6) is 0 Å². The molecule has 0 fully saturated rings. The second kappa shape index (κ2) is 12.8. The molecule has 0 saturated carbocycles. The number of aliphatic hydroxyl groups is 3. The number of allylic oxidation sites excluding steroid dienone is 1. The van der Waals surface area contributed by atoms with Crippen LogP contribution in [0.15, 0.2) is 12.2 Å². The van der Waals surface area contributed by atoms with Crippen molar-refractivity contribution in [1.82, 2.24) is 0 Å². The van der Waals surface area contributed by atoms with Gasteiger partial charge in [-0.3, -0.25) is 0 Å². The van der Waals surface area contributed by atoms with Gasteiger partial charge in [0.1, 0.15) is 0 Å². The van der Waals surface area contributed by atoms with Crippen molar-refractivity contribution in [3.05, 3.63) is 12.2 Å². The predicted molar refractivity (Wildman–Crippen MR) is 81.6 cm³/mol. The van der Waals surface area contributed by atoms with Gasteiger partial charge in [-0.05, 0) is 19.3 Å². The highest BCUT2D eigenvalue weighted by Crippen LogP contribution is 2.14. The van der Waals surface area contributed by atoms with Gasteiger partial charge < -0.3 is 20.4 Å². The van der Waals surface area contributed by atoms with E-state index in [1.54, 1.807) is 6.08 Å². The quantitative estimate of drug-likeness (QED) is 0.225. The number of carboxylic acids is 1. The third-order valence-electron chi connectivity index (χ3n) is 3.39. The van der Waals surface area contributed by atoms with Crippen LogP contribution in [0.25, 0.3) is 0 Å². The first-order chi connectivity index (χ1) is 9.92. The molecule has 0 aliphatic carbocycles. The summed E-state index contributed by atoms with van der Waals surface area (Å²) < 4.78 is 0. The number of aliphatic carboxylic acids is 1. The van der Waals surface area contributed by atoms with E-state index in [-0.39, 0.29) is 6.42 Å². The molecular formula is C16H30O5. The lowest BCUT2D eigenvalue weighted by Gasteiger charge is -2.12. The topological polar surface area (TPSA) is 98.0 Å². The molecule has 0 aliphatic rings. The molecule has 0 unspecified atom stereocenters. The summed E-state index contributed by atoms with van der Waals surface area (Å²) >= 11 is 0. The summed E-state index contributed by atoms with van der Waals surface area (Å²) in [7, 11) is 0. The standard InChI is InChI=1S/C16H30O5/c17-15(18)13-11-9-7-5-3-1-2-4-6-8-10-12-14-16(19,20)21/h11,13,19-21H,1-10,12,14H2,(H,17,18). The van der Waals surface area contributed by atoms with Gasteiger partial charge in [-0.15, -0.1) is 0 Å². The van der Waals surface area contributed by atoms with E-state index in [1.165, 1.54) is 31.8 Å². The normalized spacial score (nSPS) is 12.1. The number of carboxylic acid groups (broad SMARTS) is 1. The number of rotatable bonds is 14. The highest BCUT2D eigenvalue weighted by atomic mass is 16.7. The summed E-state index contributed by atoms with van der Waals surface area (Å²) in [6, 6.07) is 0. The Balaban J connectivity index is 3.11. The summed E-state index contributed by atoms with van der Waals surface area (Å²) in [6.45, 7) is 0. The second-order valence-corrected chi connectivity index (χ2v) is 5.59. The lowest BCUT2D eigenvalue weighted by Crippen LogP contribution is -2.26. The molecule has 0 atom stereocenters. The minimum atomic E-state index is -2.50. The second-order valence-electron chi connectivity index (χ2n) is 5.59. The maximum atomic E-state index is 10.2. The maximum Gasteiger partial charge on any atom is 0.327 e. The van der Waals surface area contributed by atoms with Gasteiger partial charge in [-0.2, -0.15) is 0 Å². The van der Waals surface area contributed by atoms with Gasteiger partial charge in [0, 0.05) is 12.5 Å². The predicted octanol–water partition coefficient (Wildman–Crippen LogP) is 2.94. The third kappa shape index (κ3) is 19.1. The van der Waals surface area contributed by atoms with Crippen LogP contribution in [0.1, 0.15) is 77.0 Å². The molecule has 0 aromatic rings. The molecule has 21 heavy (non-hydrogen) atoms. The molecule has 0 saturated heterocycles. The fourth-order valence-electron chi connectivity index (χ4n) is 2.22. The molecule has 0 aromatic carbocycles. The van der Waals surface area contributed by atoms with E-state index < -0.39 is 11.9 Å². The summed E-state index contributed by atoms with van der Waals surface area (Å²) in [5, 5.41) is 34.5. The van der Waals surface area contributed by atoms with Crippen LogP contribution in [-0.4, -0.2) is 32.4 Å². The number of hydrogen-bond donors (Lipinski definition) is 4. The molecule has 5 nitrogen and oxygen atoms in total. The summed E-state index contributed by atoms with van der Waals surface area (Å²) in [6.07, 6.45) is 14.6. The Morgan fingerprint density at radius 2 is 1.19 bits per heavy atom. The molecule has 0 aromatic heterocycles. The first-order valence-electron chi connectivity index (χ1n) is 7.98. The molecule has 0 aliphatic heterocycles. The summed E-state index contributed by atoms with van der Waals surface area (Å²) in [4.78, 5) is 10.2. The van der Waals surface area contributed by atoms with Crippen molar-refractivity contribution in [3.63, 3.8) is 0 Å². The van der Waals surface area contributed by atoms with E-state index >= 15 is 0 Å². The number of unbranched alkanes of at least 4 members (excludes halogenated alkanes) is 10. The lowest BCUT2D eigenvalue weighted by molar-refractivity contribution is -0.315. The SMILES string of the molecule is O=C(O)C=CCCCCCCCCCCCCC(O)(O)O. The molecule has 0 spiro atoms. The van der Waals surface area contributed by atoms with Gasteiger partial charge in [0.2, 0.25) is 0 Å². The van der Waals surface area contributed by atoms with Crippen LogP contribution in [0.2, 0.25) is 0 Å². The Hall–Kier alpha value is -0.910. The monoisotopic (exact) mass is 302 g/mol. The van der Waals surface area contributed by atoms with Crippen molar-refractivity contribution in [1.29, 1.82) is 0 Å². The molecular weight excluding hydrogens is 272 g/mol. The van der Waals surface area contributed by atoms with Crippen LogP contribution < -0.4 is 0 Å². The Labute approximate surface area is 127 Å². The number of hydrogen-bond acceptors (Lipinski definition) is 4. The molecule has 0 heterocycles. The third-order valence-corrected chi connectivity index (χ3v) is 3.39. The van der Waals surface area contributed by atoms with Crippen molar-refractivity contribution in [3.8, 4) is 0 Å². The fraction of sp³-hybridized carbons (Fsp3) is 0.812. The smallest absolute Gasteiger partial charge is 0.327 e. The summed E-state index contributed by atoms with van der Waals surface area (Å²) in [5.74, 6) is -3.38. The van der Waals surface area contributed by atoms with Crippen LogP contribution >= 0.6 is 0 Å². The van der Waals surface area contributed by atoms with Crippen LogP contribution in [0.3, 0.4) is 0 Å². The van der Waals surface area contributed by atoms with E-state index in [4.69, 9.17) is 20.4 Å².